The van der Waals surface area contributed by atoms with E-state index in [4.69, 9.17) is 0 Å². The lowest BCUT2D eigenvalue weighted by Gasteiger charge is -2.34. The fourth-order valence-electron chi connectivity index (χ4n) is 4.57. The standard InChI is InChI=1S/C27H25NOS/c1-19-16-23-26(24(29)17-19)27(21-12-6-3-7-13-21)30-25-15-9-8-14-22(25)28(23)18-20-10-4-2-5-11-20/h2-15,19,27H,16-18H2,1H3/t19-,27-/m1/s1. The van der Waals surface area contributed by atoms with Crippen LogP contribution >= 0.6 is 11.8 Å². The summed E-state index contributed by atoms with van der Waals surface area (Å²) in [5, 5.41) is 0.0307. The summed E-state index contributed by atoms with van der Waals surface area (Å²) in [6, 6.07) is 29.7. The van der Waals surface area contributed by atoms with Crippen LogP contribution < -0.4 is 4.90 Å². The van der Waals surface area contributed by atoms with E-state index in [2.05, 4.69) is 90.7 Å². The van der Waals surface area contributed by atoms with Crippen LogP contribution in [0.25, 0.3) is 0 Å². The number of carbonyl (C=O) groups is 1. The zero-order valence-electron chi connectivity index (χ0n) is 17.1. The molecule has 1 heterocycles. The van der Waals surface area contributed by atoms with Crippen molar-refractivity contribution in [3.05, 3.63) is 107 Å². The Morgan fingerprint density at radius 3 is 2.30 bits per heavy atom. The highest BCUT2D eigenvalue weighted by atomic mass is 32.2. The molecule has 30 heavy (non-hydrogen) atoms. The van der Waals surface area contributed by atoms with Gasteiger partial charge in [-0.3, -0.25) is 4.79 Å². The summed E-state index contributed by atoms with van der Waals surface area (Å²) in [6.07, 6.45) is 1.57. The highest BCUT2D eigenvalue weighted by Gasteiger charge is 2.37. The molecule has 5 rings (SSSR count). The Bertz CT molecular complexity index is 1090. The molecule has 2 nitrogen and oxygen atoms in total. The van der Waals surface area contributed by atoms with E-state index in [1.807, 2.05) is 17.8 Å². The van der Waals surface area contributed by atoms with Crippen molar-refractivity contribution in [1.29, 1.82) is 0 Å². The number of nitrogens with zero attached hydrogens (tertiary/aromatic N) is 1. The molecule has 3 aromatic rings. The van der Waals surface area contributed by atoms with Crippen LogP contribution in [0.2, 0.25) is 0 Å². The van der Waals surface area contributed by atoms with Crippen LogP contribution in [0.15, 0.2) is 101 Å². The van der Waals surface area contributed by atoms with Crippen LogP contribution in [-0.2, 0) is 11.3 Å². The molecule has 0 saturated heterocycles. The number of allylic oxidation sites excluding steroid dienone is 1. The fourth-order valence-corrected chi connectivity index (χ4v) is 5.96. The van der Waals surface area contributed by atoms with E-state index >= 15 is 0 Å². The Kier molecular flexibility index (Phi) is 5.22. The van der Waals surface area contributed by atoms with Crippen molar-refractivity contribution in [3.63, 3.8) is 0 Å². The molecule has 0 aromatic heterocycles. The molecule has 150 valence electrons. The quantitative estimate of drug-likeness (QED) is 0.473. The first-order valence-electron chi connectivity index (χ1n) is 10.6. The minimum absolute atomic E-state index is 0.0307. The molecule has 0 bridgehead atoms. The van der Waals surface area contributed by atoms with Gasteiger partial charge in [0.2, 0.25) is 0 Å². The maximum atomic E-state index is 13.4. The SMILES string of the molecule is C[C@H]1CC(=O)C2=C(C1)N(Cc1ccccc1)c1ccccc1S[C@@H]2c1ccccc1. The summed E-state index contributed by atoms with van der Waals surface area (Å²) < 4.78 is 0. The summed E-state index contributed by atoms with van der Waals surface area (Å²) >= 11 is 1.82. The van der Waals surface area contributed by atoms with Gasteiger partial charge < -0.3 is 4.90 Å². The number of hydrogen-bond acceptors (Lipinski definition) is 3. The van der Waals surface area contributed by atoms with E-state index in [1.54, 1.807) is 0 Å². The molecular weight excluding hydrogens is 386 g/mol. The van der Waals surface area contributed by atoms with Crippen molar-refractivity contribution in [2.45, 2.75) is 36.5 Å². The van der Waals surface area contributed by atoms with Gasteiger partial charge in [0.25, 0.3) is 0 Å². The van der Waals surface area contributed by atoms with Gasteiger partial charge in [0.15, 0.2) is 5.78 Å². The lowest BCUT2D eigenvalue weighted by molar-refractivity contribution is -0.117. The third-order valence-electron chi connectivity index (χ3n) is 5.96. The average molecular weight is 412 g/mol. The first-order chi connectivity index (χ1) is 14.7. The van der Waals surface area contributed by atoms with Crippen molar-refractivity contribution in [2.75, 3.05) is 4.90 Å². The van der Waals surface area contributed by atoms with Gasteiger partial charge in [0, 0.05) is 29.1 Å². The molecule has 1 aliphatic heterocycles. The summed E-state index contributed by atoms with van der Waals surface area (Å²) in [5.74, 6) is 0.664. The van der Waals surface area contributed by atoms with Crippen LogP contribution in [0.1, 0.15) is 36.1 Å². The van der Waals surface area contributed by atoms with E-state index in [0.717, 1.165) is 18.5 Å². The second-order valence-electron chi connectivity index (χ2n) is 8.25. The summed E-state index contributed by atoms with van der Waals surface area (Å²) in [7, 11) is 0. The number of para-hydroxylation sites is 1. The van der Waals surface area contributed by atoms with Crippen molar-refractivity contribution in [2.24, 2.45) is 5.92 Å². The summed E-state index contributed by atoms with van der Waals surface area (Å²) in [6.45, 7) is 2.97. The van der Waals surface area contributed by atoms with Gasteiger partial charge in [-0.1, -0.05) is 79.7 Å². The van der Waals surface area contributed by atoms with E-state index in [0.29, 0.717) is 18.1 Å². The van der Waals surface area contributed by atoms with Gasteiger partial charge in [0.1, 0.15) is 0 Å². The molecule has 2 atom stereocenters. The van der Waals surface area contributed by atoms with E-state index in [1.165, 1.54) is 27.4 Å². The molecule has 0 fully saturated rings. The zero-order valence-corrected chi connectivity index (χ0v) is 17.9. The van der Waals surface area contributed by atoms with Gasteiger partial charge >= 0.3 is 0 Å². The van der Waals surface area contributed by atoms with Gasteiger partial charge in [-0.2, -0.15) is 0 Å². The zero-order chi connectivity index (χ0) is 20.5. The smallest absolute Gasteiger partial charge is 0.162 e. The molecule has 0 radical (unpaired) electrons. The van der Waals surface area contributed by atoms with Gasteiger partial charge in [-0.15, -0.1) is 11.8 Å². The number of fused-ring (bicyclic) bond motifs is 1. The van der Waals surface area contributed by atoms with Gasteiger partial charge in [0.05, 0.1) is 10.9 Å². The predicted molar refractivity (Wildman–Crippen MR) is 125 cm³/mol. The molecule has 2 aliphatic rings. The molecular formula is C27H25NOS. The Balaban J connectivity index is 1.72. The number of carbonyl (C=O) groups excluding carboxylic acids is 1. The number of hydrogen-bond donors (Lipinski definition) is 0. The van der Waals surface area contributed by atoms with Crippen LogP contribution in [0.5, 0.6) is 0 Å². The summed E-state index contributed by atoms with van der Waals surface area (Å²) in [5.41, 5.74) is 5.87. The molecule has 3 aromatic carbocycles. The molecule has 0 N–H and O–H groups in total. The molecule has 0 saturated carbocycles. The maximum Gasteiger partial charge on any atom is 0.162 e. The predicted octanol–water partition coefficient (Wildman–Crippen LogP) is 6.79. The van der Waals surface area contributed by atoms with Crippen LogP contribution in [-0.4, -0.2) is 5.78 Å². The number of anilines is 1. The van der Waals surface area contributed by atoms with Crippen molar-refractivity contribution >= 4 is 23.2 Å². The number of ketones is 1. The number of Topliss-reactive ketones (excluding diaryl/α,β-unsaturated/α-hetero) is 1. The summed E-state index contributed by atoms with van der Waals surface area (Å²) in [4.78, 5) is 17.1. The Morgan fingerprint density at radius 2 is 1.53 bits per heavy atom. The average Bonchev–Trinajstić information content (AvgIpc) is 2.90. The normalized spacial score (nSPS) is 21.1. The minimum Gasteiger partial charge on any atom is -0.339 e. The first kappa shape index (κ1) is 19.2. The van der Waals surface area contributed by atoms with Gasteiger partial charge in [-0.25, -0.2) is 0 Å². The highest BCUT2D eigenvalue weighted by molar-refractivity contribution is 8.00. The van der Waals surface area contributed by atoms with E-state index < -0.39 is 0 Å². The fraction of sp³-hybridized carbons (Fsp3) is 0.222. The lowest BCUT2D eigenvalue weighted by atomic mass is 9.83. The maximum absolute atomic E-state index is 13.4. The van der Waals surface area contributed by atoms with Gasteiger partial charge in [-0.05, 0) is 35.6 Å². The third-order valence-corrected chi connectivity index (χ3v) is 7.30. The van der Waals surface area contributed by atoms with Crippen molar-refractivity contribution < 1.29 is 4.79 Å². The molecule has 1 aliphatic carbocycles. The highest BCUT2D eigenvalue weighted by Crippen LogP contribution is 2.52. The monoisotopic (exact) mass is 411 g/mol. The molecule has 0 amide bonds. The number of rotatable bonds is 3. The van der Waals surface area contributed by atoms with E-state index in [-0.39, 0.29) is 5.25 Å². The third kappa shape index (κ3) is 3.59. The van der Waals surface area contributed by atoms with Crippen LogP contribution in [0, 0.1) is 5.92 Å². The van der Waals surface area contributed by atoms with E-state index in [9.17, 15) is 4.79 Å². The van der Waals surface area contributed by atoms with Crippen LogP contribution in [0.4, 0.5) is 5.69 Å². The molecule has 0 unspecified atom stereocenters. The molecule has 0 spiro atoms. The second-order valence-corrected chi connectivity index (χ2v) is 9.39. The Hall–Kier alpha value is -2.78. The Labute approximate surface area is 182 Å². The molecule has 3 heteroatoms. The van der Waals surface area contributed by atoms with Crippen LogP contribution in [0.3, 0.4) is 0 Å². The first-order valence-corrected chi connectivity index (χ1v) is 11.5. The number of benzene rings is 3. The Morgan fingerprint density at radius 1 is 0.867 bits per heavy atom. The number of thioether (sulfide) groups is 1. The topological polar surface area (TPSA) is 20.3 Å². The van der Waals surface area contributed by atoms with Crippen molar-refractivity contribution in [3.8, 4) is 0 Å². The largest absolute Gasteiger partial charge is 0.339 e. The second kappa shape index (κ2) is 8.16. The van der Waals surface area contributed by atoms with Crippen molar-refractivity contribution in [1.82, 2.24) is 0 Å². The minimum atomic E-state index is 0.0307. The lowest BCUT2D eigenvalue weighted by Crippen LogP contribution is -2.30.